The van der Waals surface area contributed by atoms with E-state index in [9.17, 15) is 9.18 Å². The normalized spacial score (nSPS) is 15.3. The Morgan fingerprint density at radius 3 is 2.44 bits per heavy atom. The molecule has 1 amide bonds. The zero-order valence-corrected chi connectivity index (χ0v) is 15.8. The number of hydrogen-bond donors (Lipinski definition) is 0. The fourth-order valence-corrected chi connectivity index (χ4v) is 3.30. The van der Waals surface area contributed by atoms with Gasteiger partial charge in [0.05, 0.1) is 14.2 Å². The summed E-state index contributed by atoms with van der Waals surface area (Å²) in [6.07, 6.45) is 0.889. The summed E-state index contributed by atoms with van der Waals surface area (Å²) in [5, 5.41) is 0. The number of ether oxygens (including phenoxy) is 2. The summed E-state index contributed by atoms with van der Waals surface area (Å²) in [5.41, 5.74) is 1.57. The van der Waals surface area contributed by atoms with Gasteiger partial charge in [0.25, 0.3) is 5.91 Å². The first-order chi connectivity index (χ1) is 13.1. The van der Waals surface area contributed by atoms with Crippen LogP contribution in [0.25, 0.3) is 0 Å². The molecule has 0 radical (unpaired) electrons. The standard InChI is InChI=1S/C21H25FN2O3/c1-26-18-7-4-16(5-8-18)15-23-10-3-11-24(13-12-23)21(25)17-6-9-20(27-2)19(22)14-17/h4-9,14H,3,10-13,15H2,1-2H3. The van der Waals surface area contributed by atoms with Gasteiger partial charge >= 0.3 is 0 Å². The molecule has 144 valence electrons. The third-order valence-corrected chi connectivity index (χ3v) is 4.84. The van der Waals surface area contributed by atoms with Crippen LogP contribution in [0, 0.1) is 5.82 Å². The summed E-state index contributed by atoms with van der Waals surface area (Å²) in [6, 6.07) is 12.4. The third kappa shape index (κ3) is 4.77. The van der Waals surface area contributed by atoms with E-state index in [4.69, 9.17) is 9.47 Å². The highest BCUT2D eigenvalue weighted by Crippen LogP contribution is 2.20. The second kappa shape index (κ2) is 8.86. The fourth-order valence-electron chi connectivity index (χ4n) is 3.30. The first-order valence-corrected chi connectivity index (χ1v) is 9.09. The summed E-state index contributed by atoms with van der Waals surface area (Å²) < 4.78 is 24.0. The average Bonchev–Trinajstić information content (AvgIpc) is 2.93. The number of carbonyl (C=O) groups is 1. The number of rotatable bonds is 5. The predicted molar refractivity (Wildman–Crippen MR) is 102 cm³/mol. The van der Waals surface area contributed by atoms with Crippen molar-refractivity contribution in [3.05, 3.63) is 59.4 Å². The number of methoxy groups -OCH3 is 2. The van der Waals surface area contributed by atoms with Gasteiger partial charge in [-0.2, -0.15) is 0 Å². The van der Waals surface area contributed by atoms with Crippen LogP contribution in [-0.2, 0) is 6.54 Å². The summed E-state index contributed by atoms with van der Waals surface area (Å²) in [6.45, 7) is 3.85. The Morgan fingerprint density at radius 2 is 1.78 bits per heavy atom. The van der Waals surface area contributed by atoms with E-state index in [1.54, 1.807) is 18.1 Å². The predicted octanol–water partition coefficient (Wildman–Crippen LogP) is 3.19. The highest BCUT2D eigenvalue weighted by Gasteiger charge is 2.21. The largest absolute Gasteiger partial charge is 0.497 e. The summed E-state index contributed by atoms with van der Waals surface area (Å²) >= 11 is 0. The minimum absolute atomic E-state index is 0.136. The van der Waals surface area contributed by atoms with Gasteiger partial charge in [0, 0.05) is 38.3 Å². The van der Waals surface area contributed by atoms with Gasteiger partial charge in [-0.05, 0) is 42.3 Å². The maximum atomic E-state index is 13.9. The van der Waals surface area contributed by atoms with Crippen LogP contribution in [0.15, 0.2) is 42.5 Å². The van der Waals surface area contributed by atoms with Crippen molar-refractivity contribution >= 4 is 5.91 Å². The molecule has 3 rings (SSSR count). The lowest BCUT2D eigenvalue weighted by Gasteiger charge is -2.22. The lowest BCUT2D eigenvalue weighted by Crippen LogP contribution is -2.35. The van der Waals surface area contributed by atoms with Gasteiger partial charge in [-0.1, -0.05) is 12.1 Å². The van der Waals surface area contributed by atoms with Crippen LogP contribution in [0.5, 0.6) is 11.5 Å². The number of carbonyl (C=O) groups excluding carboxylic acids is 1. The Labute approximate surface area is 159 Å². The van der Waals surface area contributed by atoms with E-state index < -0.39 is 5.82 Å². The molecule has 0 aliphatic carbocycles. The van der Waals surface area contributed by atoms with Crippen molar-refractivity contribution in [2.24, 2.45) is 0 Å². The molecule has 0 atom stereocenters. The molecular formula is C21H25FN2O3. The Morgan fingerprint density at radius 1 is 1.00 bits per heavy atom. The fraction of sp³-hybridized carbons (Fsp3) is 0.381. The van der Waals surface area contributed by atoms with Crippen LogP contribution in [0.4, 0.5) is 4.39 Å². The molecule has 6 heteroatoms. The molecule has 27 heavy (non-hydrogen) atoms. The molecule has 0 unspecified atom stereocenters. The van der Waals surface area contributed by atoms with E-state index >= 15 is 0 Å². The Balaban J connectivity index is 1.60. The van der Waals surface area contributed by atoms with Gasteiger partial charge in [0.2, 0.25) is 0 Å². The molecule has 2 aromatic carbocycles. The highest BCUT2D eigenvalue weighted by atomic mass is 19.1. The van der Waals surface area contributed by atoms with E-state index in [2.05, 4.69) is 17.0 Å². The van der Waals surface area contributed by atoms with Crippen LogP contribution >= 0.6 is 0 Å². The van der Waals surface area contributed by atoms with Crippen molar-refractivity contribution in [2.45, 2.75) is 13.0 Å². The molecule has 1 aliphatic rings. The maximum absolute atomic E-state index is 13.9. The molecule has 0 saturated carbocycles. The SMILES string of the molecule is COc1ccc(CN2CCCN(C(=O)c3ccc(OC)c(F)c3)CC2)cc1. The number of benzene rings is 2. The quantitative estimate of drug-likeness (QED) is 0.808. The van der Waals surface area contributed by atoms with Crippen molar-refractivity contribution in [2.75, 3.05) is 40.4 Å². The van der Waals surface area contributed by atoms with Gasteiger partial charge in [-0.15, -0.1) is 0 Å². The first kappa shape index (κ1) is 19.2. The highest BCUT2D eigenvalue weighted by molar-refractivity contribution is 5.94. The van der Waals surface area contributed by atoms with Crippen LogP contribution in [0.3, 0.4) is 0 Å². The van der Waals surface area contributed by atoms with E-state index in [1.165, 1.54) is 24.8 Å². The van der Waals surface area contributed by atoms with Crippen molar-refractivity contribution in [3.8, 4) is 11.5 Å². The molecule has 2 aromatic rings. The van der Waals surface area contributed by atoms with Crippen LogP contribution in [0.2, 0.25) is 0 Å². The molecule has 1 saturated heterocycles. The molecule has 1 aliphatic heterocycles. The molecule has 1 fully saturated rings. The van der Waals surface area contributed by atoms with Gasteiger partial charge in [0.15, 0.2) is 11.6 Å². The molecule has 5 nitrogen and oxygen atoms in total. The van der Waals surface area contributed by atoms with Crippen LogP contribution < -0.4 is 9.47 Å². The van der Waals surface area contributed by atoms with Gasteiger partial charge in [-0.3, -0.25) is 9.69 Å². The number of amides is 1. The smallest absolute Gasteiger partial charge is 0.254 e. The Kier molecular flexibility index (Phi) is 6.29. The third-order valence-electron chi connectivity index (χ3n) is 4.84. The summed E-state index contributed by atoms with van der Waals surface area (Å²) in [5.74, 6) is 0.341. The monoisotopic (exact) mass is 372 g/mol. The number of nitrogens with zero attached hydrogens (tertiary/aromatic N) is 2. The van der Waals surface area contributed by atoms with Gasteiger partial charge in [-0.25, -0.2) is 4.39 Å². The summed E-state index contributed by atoms with van der Waals surface area (Å²) in [4.78, 5) is 16.9. The topological polar surface area (TPSA) is 42.0 Å². The molecule has 0 bridgehead atoms. The minimum Gasteiger partial charge on any atom is -0.497 e. The average molecular weight is 372 g/mol. The zero-order chi connectivity index (χ0) is 19.2. The lowest BCUT2D eigenvalue weighted by molar-refractivity contribution is 0.0760. The second-order valence-corrected chi connectivity index (χ2v) is 6.62. The number of halogens is 1. The van der Waals surface area contributed by atoms with Crippen molar-refractivity contribution < 1.29 is 18.7 Å². The first-order valence-electron chi connectivity index (χ1n) is 9.09. The lowest BCUT2D eigenvalue weighted by atomic mass is 10.1. The van der Waals surface area contributed by atoms with Gasteiger partial charge < -0.3 is 14.4 Å². The van der Waals surface area contributed by atoms with E-state index in [0.717, 1.165) is 31.8 Å². The van der Waals surface area contributed by atoms with Crippen molar-refractivity contribution in [1.29, 1.82) is 0 Å². The van der Waals surface area contributed by atoms with Crippen LogP contribution in [0.1, 0.15) is 22.3 Å². The van der Waals surface area contributed by atoms with Crippen LogP contribution in [-0.4, -0.2) is 56.1 Å². The molecular weight excluding hydrogens is 347 g/mol. The number of hydrogen-bond acceptors (Lipinski definition) is 4. The molecule has 0 aromatic heterocycles. The Bertz CT molecular complexity index is 779. The Hall–Kier alpha value is -2.60. The van der Waals surface area contributed by atoms with E-state index in [-0.39, 0.29) is 11.7 Å². The molecule has 0 spiro atoms. The second-order valence-electron chi connectivity index (χ2n) is 6.62. The molecule has 0 N–H and O–H groups in total. The van der Waals surface area contributed by atoms with Crippen molar-refractivity contribution in [3.63, 3.8) is 0 Å². The summed E-state index contributed by atoms with van der Waals surface area (Å²) in [7, 11) is 3.07. The molecule has 1 heterocycles. The maximum Gasteiger partial charge on any atom is 0.254 e. The van der Waals surface area contributed by atoms with E-state index in [1.807, 2.05) is 12.1 Å². The van der Waals surface area contributed by atoms with Crippen molar-refractivity contribution in [1.82, 2.24) is 9.80 Å². The zero-order valence-electron chi connectivity index (χ0n) is 15.8. The van der Waals surface area contributed by atoms with Gasteiger partial charge in [0.1, 0.15) is 5.75 Å². The minimum atomic E-state index is -0.515. The van der Waals surface area contributed by atoms with E-state index in [0.29, 0.717) is 18.7 Å².